The van der Waals surface area contributed by atoms with Gasteiger partial charge in [-0.25, -0.2) is 14.8 Å². The number of amides is 4. The summed E-state index contributed by atoms with van der Waals surface area (Å²) in [6.45, 7) is 16.1. The number of aromatic amines is 1. The Morgan fingerprint density at radius 1 is 0.914 bits per heavy atom. The van der Waals surface area contributed by atoms with E-state index in [0.717, 1.165) is 47.6 Å². The smallest absolute Gasteiger partial charge is 0.407 e. The maximum Gasteiger partial charge on any atom is 0.407 e. The largest absolute Gasteiger partial charge is 0.453 e. The molecule has 0 spiro atoms. The zero-order valence-electron chi connectivity index (χ0n) is 34.7. The number of ether oxygens (including phenoxy) is 1. The van der Waals surface area contributed by atoms with Gasteiger partial charge in [-0.3, -0.25) is 19.4 Å². The van der Waals surface area contributed by atoms with Crippen molar-refractivity contribution in [3.05, 3.63) is 78.0 Å². The number of carbonyl (C=O) groups excluding carboxylic acids is 4. The first-order valence-electron chi connectivity index (χ1n) is 20.3. The molecule has 0 bridgehead atoms. The van der Waals surface area contributed by atoms with Gasteiger partial charge in [0.15, 0.2) is 0 Å². The number of hydrogen-bond acceptors (Lipinski definition) is 9. The zero-order chi connectivity index (χ0) is 41.5. The number of imidazole rings is 1. The van der Waals surface area contributed by atoms with Crippen LogP contribution in [0, 0.1) is 24.2 Å². The predicted octanol–water partition coefficient (Wildman–Crippen LogP) is 6.61. The van der Waals surface area contributed by atoms with E-state index >= 15 is 0 Å². The predicted molar refractivity (Wildman–Crippen MR) is 222 cm³/mol. The molecule has 14 nitrogen and oxygen atoms in total. The Bertz CT molecular complexity index is 2170. The van der Waals surface area contributed by atoms with Gasteiger partial charge in [0, 0.05) is 61.2 Å². The lowest BCUT2D eigenvalue weighted by Gasteiger charge is -2.45. The molecule has 1 aliphatic carbocycles. The minimum atomic E-state index is -0.696. The monoisotopic (exact) mass is 789 g/mol. The van der Waals surface area contributed by atoms with E-state index in [-0.39, 0.29) is 53.1 Å². The highest BCUT2D eigenvalue weighted by atomic mass is 16.5. The highest BCUT2D eigenvalue weighted by molar-refractivity contribution is 6.04. The van der Waals surface area contributed by atoms with Crippen molar-refractivity contribution in [2.45, 2.75) is 91.9 Å². The summed E-state index contributed by atoms with van der Waals surface area (Å²) in [5, 5.41) is 5.68. The van der Waals surface area contributed by atoms with E-state index in [1.54, 1.807) is 17.2 Å². The highest BCUT2D eigenvalue weighted by Crippen LogP contribution is 2.52. The van der Waals surface area contributed by atoms with Gasteiger partial charge in [0.1, 0.15) is 17.7 Å². The summed E-state index contributed by atoms with van der Waals surface area (Å²) in [4.78, 5) is 75.6. The lowest BCUT2D eigenvalue weighted by atomic mass is 10.0. The molecule has 1 saturated carbocycles. The van der Waals surface area contributed by atoms with Crippen LogP contribution in [-0.2, 0) is 14.3 Å². The van der Waals surface area contributed by atoms with E-state index in [1.807, 2.05) is 74.3 Å². The lowest BCUT2D eigenvalue weighted by Crippen LogP contribution is -2.59. The molecule has 2 saturated heterocycles. The van der Waals surface area contributed by atoms with Crippen molar-refractivity contribution in [2.24, 2.45) is 17.3 Å². The number of aromatic nitrogens is 4. The molecule has 4 aromatic rings. The molecule has 3 aromatic heterocycles. The molecule has 5 heterocycles. The van der Waals surface area contributed by atoms with Gasteiger partial charge in [-0.2, -0.15) is 0 Å². The molecule has 4 amide bonds. The minimum Gasteiger partial charge on any atom is -0.453 e. The van der Waals surface area contributed by atoms with Gasteiger partial charge in [0.25, 0.3) is 5.91 Å². The fourth-order valence-electron chi connectivity index (χ4n) is 8.24. The Morgan fingerprint density at radius 2 is 1.62 bits per heavy atom. The molecule has 3 aliphatic rings. The second-order valence-corrected chi connectivity index (χ2v) is 17.1. The average molecular weight is 790 g/mol. The van der Waals surface area contributed by atoms with E-state index < -0.39 is 12.1 Å². The van der Waals surface area contributed by atoms with Crippen LogP contribution in [0.5, 0.6) is 0 Å². The second kappa shape index (κ2) is 16.2. The maximum atomic E-state index is 13.5. The van der Waals surface area contributed by atoms with Gasteiger partial charge in [-0.1, -0.05) is 52.0 Å². The number of pyridine rings is 2. The van der Waals surface area contributed by atoms with Crippen molar-refractivity contribution < 1.29 is 23.9 Å². The van der Waals surface area contributed by atoms with Crippen molar-refractivity contribution in [2.75, 3.05) is 37.0 Å². The first kappa shape index (κ1) is 40.4. The van der Waals surface area contributed by atoms with Crippen LogP contribution in [0.1, 0.15) is 88.7 Å². The van der Waals surface area contributed by atoms with Crippen molar-refractivity contribution in [3.8, 4) is 22.5 Å². The Kier molecular flexibility index (Phi) is 11.3. The fourth-order valence-corrected chi connectivity index (χ4v) is 8.24. The SMILES string of the molecule is COC(=O)N[C@H](C(=O)N1CCC[C@H]1c1nc(-c2ccc(-c3ccc(NC(=O)c4ccc(N5C[C@H](C)N(C(=O)[C@H]6CC6(C)C)C[C@H]5C)nc4)c(C)n3)cc2)c[nH]1)C(C)C. The van der Waals surface area contributed by atoms with Crippen molar-refractivity contribution >= 4 is 35.3 Å². The van der Waals surface area contributed by atoms with Crippen molar-refractivity contribution in [1.29, 1.82) is 0 Å². The number of nitrogens with one attached hydrogen (secondary N) is 3. The molecule has 14 heteroatoms. The molecule has 1 aromatic carbocycles. The normalized spacial score (nSPS) is 21.8. The molecule has 58 heavy (non-hydrogen) atoms. The van der Waals surface area contributed by atoms with Crippen LogP contribution in [0.3, 0.4) is 0 Å². The number of carbonyl (C=O) groups is 4. The number of anilines is 2. The van der Waals surface area contributed by atoms with Crippen molar-refractivity contribution in [1.82, 2.24) is 35.1 Å². The Labute approximate surface area is 340 Å². The molecule has 306 valence electrons. The maximum absolute atomic E-state index is 13.5. The van der Waals surface area contributed by atoms with Gasteiger partial charge in [0.2, 0.25) is 11.8 Å². The Morgan fingerprint density at radius 3 is 2.24 bits per heavy atom. The van der Waals surface area contributed by atoms with Crippen LogP contribution in [-0.4, -0.2) is 98.4 Å². The van der Waals surface area contributed by atoms with E-state index in [0.29, 0.717) is 42.4 Å². The number of likely N-dealkylation sites (tertiary alicyclic amines) is 1. The molecule has 7 rings (SSSR count). The topological polar surface area (TPSA) is 166 Å². The summed E-state index contributed by atoms with van der Waals surface area (Å²) in [6, 6.07) is 14.6. The van der Waals surface area contributed by atoms with Crippen LogP contribution >= 0.6 is 0 Å². The van der Waals surface area contributed by atoms with E-state index in [2.05, 4.69) is 53.2 Å². The third-order valence-electron chi connectivity index (χ3n) is 12.0. The van der Waals surface area contributed by atoms with Crippen molar-refractivity contribution in [3.63, 3.8) is 0 Å². The summed E-state index contributed by atoms with van der Waals surface area (Å²) in [5.74, 6) is 1.34. The van der Waals surface area contributed by atoms with Crippen LogP contribution in [0.15, 0.2) is 60.9 Å². The first-order chi connectivity index (χ1) is 27.6. The van der Waals surface area contributed by atoms with Crippen LogP contribution in [0.4, 0.5) is 16.3 Å². The van der Waals surface area contributed by atoms with Crippen LogP contribution < -0.4 is 15.5 Å². The van der Waals surface area contributed by atoms with Gasteiger partial charge >= 0.3 is 6.09 Å². The molecule has 2 aliphatic heterocycles. The number of alkyl carbamates (subject to hydrolysis) is 1. The second-order valence-electron chi connectivity index (χ2n) is 17.1. The third kappa shape index (κ3) is 8.28. The number of methoxy groups -OCH3 is 1. The molecule has 0 radical (unpaired) electrons. The quantitative estimate of drug-likeness (QED) is 0.160. The number of H-pyrrole nitrogens is 1. The van der Waals surface area contributed by atoms with Gasteiger partial charge in [-0.05, 0) is 75.6 Å². The van der Waals surface area contributed by atoms with Crippen LogP contribution in [0.2, 0.25) is 0 Å². The number of nitrogens with zero attached hydrogens (tertiary/aromatic N) is 6. The summed E-state index contributed by atoms with van der Waals surface area (Å²) < 4.78 is 4.75. The Balaban J connectivity index is 0.956. The first-order valence-corrected chi connectivity index (χ1v) is 20.3. The number of aryl methyl sites for hydroxylation is 1. The van der Waals surface area contributed by atoms with Gasteiger partial charge < -0.3 is 35.1 Å². The zero-order valence-corrected chi connectivity index (χ0v) is 34.7. The minimum absolute atomic E-state index is 0.0715. The molecular formula is C44H55N9O5. The number of piperazine rings is 1. The van der Waals surface area contributed by atoms with Gasteiger partial charge in [0.05, 0.1) is 41.5 Å². The molecule has 0 unspecified atom stereocenters. The van der Waals surface area contributed by atoms with Gasteiger partial charge in [-0.15, -0.1) is 0 Å². The van der Waals surface area contributed by atoms with E-state index in [4.69, 9.17) is 14.7 Å². The number of benzene rings is 1. The van der Waals surface area contributed by atoms with E-state index in [9.17, 15) is 19.2 Å². The summed E-state index contributed by atoms with van der Waals surface area (Å²) in [7, 11) is 1.29. The standard InChI is InChI=1S/C44H55N9O5/c1-25(2)38(50-43(57)58-8)42(56)51-19-9-10-36(51)39-46-22-35(48-39)30-13-11-29(12-14-30)34-17-16-33(28(5)47-34)49-40(54)31-15-18-37(45-21-31)52-23-27(4)53(24-26(52)3)41(55)32-20-44(32,6)7/h11-18,21-22,25-27,32,36,38H,9-10,19-20,23-24H2,1-8H3,(H,46,48)(H,49,54)(H,50,57)/t26-,27+,32-,36+,38+/m1/s1. The van der Waals surface area contributed by atoms with E-state index in [1.165, 1.54) is 7.11 Å². The summed E-state index contributed by atoms with van der Waals surface area (Å²) >= 11 is 0. The molecule has 3 fully saturated rings. The number of rotatable bonds is 10. The molecule has 5 atom stereocenters. The fraction of sp³-hybridized carbons (Fsp3) is 0.477. The Hall–Kier alpha value is -5.79. The van der Waals surface area contributed by atoms with Crippen LogP contribution in [0.25, 0.3) is 22.5 Å². The summed E-state index contributed by atoms with van der Waals surface area (Å²) in [5.41, 5.74) is 5.18. The summed E-state index contributed by atoms with van der Waals surface area (Å²) in [6.07, 6.45) is 5.38. The molecule has 3 N–H and O–H groups in total. The molecular weight excluding hydrogens is 735 g/mol. The lowest BCUT2D eigenvalue weighted by molar-refractivity contribution is -0.136. The third-order valence-corrected chi connectivity index (χ3v) is 12.0. The highest BCUT2D eigenvalue weighted by Gasteiger charge is 2.53. The number of hydrogen-bond donors (Lipinski definition) is 3. The average Bonchev–Trinajstić information content (AvgIpc) is 3.56.